The number of para-hydroxylation sites is 1. The topological polar surface area (TPSA) is 80.2 Å². The third-order valence-corrected chi connectivity index (χ3v) is 4.38. The van der Waals surface area contributed by atoms with Gasteiger partial charge in [-0.15, -0.1) is 0 Å². The van der Waals surface area contributed by atoms with Crippen molar-refractivity contribution in [3.8, 4) is 0 Å². The maximum Gasteiger partial charge on any atom is 0.310 e. The van der Waals surface area contributed by atoms with Gasteiger partial charge >= 0.3 is 11.9 Å². The number of aliphatic imine (C=N–C) groups is 1. The van der Waals surface area contributed by atoms with Gasteiger partial charge in [0, 0.05) is 17.8 Å². The van der Waals surface area contributed by atoms with Gasteiger partial charge in [0.2, 0.25) is 0 Å². The predicted octanol–water partition coefficient (Wildman–Crippen LogP) is 1.78. The highest BCUT2D eigenvalue weighted by Gasteiger charge is 2.48. The van der Waals surface area contributed by atoms with Crippen molar-refractivity contribution in [2.75, 3.05) is 31.6 Å². The number of carbonyl (C=O) groups is 2. The molecular formula is C18H23N3O4. The Kier molecular flexibility index (Phi) is 4.92. The molecule has 0 spiro atoms. The van der Waals surface area contributed by atoms with Crippen molar-refractivity contribution >= 4 is 23.5 Å². The van der Waals surface area contributed by atoms with E-state index in [1.54, 1.807) is 13.8 Å². The highest BCUT2D eigenvalue weighted by Crippen LogP contribution is 2.38. The van der Waals surface area contributed by atoms with Crippen molar-refractivity contribution in [2.24, 2.45) is 4.99 Å². The third-order valence-electron chi connectivity index (χ3n) is 4.38. The summed E-state index contributed by atoms with van der Waals surface area (Å²) in [6, 6.07) is 7.77. The number of carbonyl (C=O) groups excluding carboxylic acids is 2. The van der Waals surface area contributed by atoms with Crippen LogP contribution in [0.15, 0.2) is 29.3 Å². The molecule has 0 saturated carbocycles. The zero-order valence-corrected chi connectivity index (χ0v) is 14.6. The van der Waals surface area contributed by atoms with E-state index in [-0.39, 0.29) is 24.8 Å². The van der Waals surface area contributed by atoms with Crippen molar-refractivity contribution in [3.63, 3.8) is 0 Å². The molecule has 0 saturated heterocycles. The second-order valence-electron chi connectivity index (χ2n) is 6.02. The zero-order chi connectivity index (χ0) is 17.9. The number of nitrogens with one attached hydrogen (secondary N) is 1. The summed E-state index contributed by atoms with van der Waals surface area (Å²) in [5.74, 6) is 0.0952. The van der Waals surface area contributed by atoms with Gasteiger partial charge in [0.05, 0.1) is 32.6 Å². The number of benzene rings is 1. The molecule has 7 nitrogen and oxygen atoms in total. The van der Waals surface area contributed by atoms with E-state index in [2.05, 4.69) is 10.3 Å². The average Bonchev–Trinajstić information content (AvgIpc) is 3.06. The first-order valence-corrected chi connectivity index (χ1v) is 8.60. The molecule has 2 heterocycles. The Balaban J connectivity index is 2.00. The second-order valence-corrected chi connectivity index (χ2v) is 6.02. The van der Waals surface area contributed by atoms with Gasteiger partial charge in [-0.1, -0.05) is 12.1 Å². The number of amidine groups is 1. The van der Waals surface area contributed by atoms with E-state index in [1.807, 2.05) is 29.2 Å². The lowest BCUT2D eigenvalue weighted by Gasteiger charge is -2.47. The van der Waals surface area contributed by atoms with Gasteiger partial charge in [0.25, 0.3) is 0 Å². The summed E-state index contributed by atoms with van der Waals surface area (Å²) in [5.41, 5.74) is 0.902. The number of ether oxygens (including phenoxy) is 2. The first-order valence-electron chi connectivity index (χ1n) is 8.60. The summed E-state index contributed by atoms with van der Waals surface area (Å²) in [4.78, 5) is 31.2. The Morgan fingerprint density at radius 2 is 1.80 bits per heavy atom. The molecule has 0 amide bonds. The van der Waals surface area contributed by atoms with Crippen LogP contribution in [0.4, 0.5) is 5.69 Å². The summed E-state index contributed by atoms with van der Waals surface area (Å²) in [7, 11) is 0. The minimum atomic E-state index is -0.928. The maximum atomic E-state index is 12.3. The Bertz CT molecular complexity index is 681. The van der Waals surface area contributed by atoms with Crippen molar-refractivity contribution in [1.29, 1.82) is 0 Å². The van der Waals surface area contributed by atoms with Crippen LogP contribution in [0.1, 0.15) is 32.3 Å². The fourth-order valence-corrected chi connectivity index (χ4v) is 3.44. The molecule has 1 aromatic carbocycles. The number of fused-ring (bicyclic) bond motifs is 3. The van der Waals surface area contributed by atoms with Crippen LogP contribution < -0.4 is 5.32 Å². The maximum absolute atomic E-state index is 12.3. The molecule has 1 N–H and O–H groups in total. The molecule has 0 atom stereocenters. The van der Waals surface area contributed by atoms with Gasteiger partial charge in [-0.3, -0.25) is 14.6 Å². The third kappa shape index (κ3) is 3.31. The lowest BCUT2D eigenvalue weighted by Crippen LogP contribution is -2.61. The molecule has 0 bridgehead atoms. The highest BCUT2D eigenvalue weighted by molar-refractivity contribution is 6.07. The number of esters is 2. The molecule has 7 heteroatoms. The first-order chi connectivity index (χ1) is 12.1. The van der Waals surface area contributed by atoms with Crippen LogP contribution in [0.3, 0.4) is 0 Å². The van der Waals surface area contributed by atoms with Gasteiger partial charge < -0.3 is 19.7 Å². The van der Waals surface area contributed by atoms with Crippen molar-refractivity contribution in [2.45, 2.75) is 32.4 Å². The molecule has 3 rings (SSSR count). The summed E-state index contributed by atoms with van der Waals surface area (Å²) < 4.78 is 10.3. The lowest BCUT2D eigenvalue weighted by molar-refractivity contribution is -0.149. The van der Waals surface area contributed by atoms with Crippen LogP contribution in [-0.4, -0.2) is 54.6 Å². The minimum absolute atomic E-state index is 0.0347. The van der Waals surface area contributed by atoms with Crippen LogP contribution in [0, 0.1) is 0 Å². The Labute approximate surface area is 147 Å². The second kappa shape index (κ2) is 7.13. The summed E-state index contributed by atoms with van der Waals surface area (Å²) in [6.45, 7) is 5.39. The summed E-state index contributed by atoms with van der Waals surface area (Å²) >= 11 is 0. The van der Waals surface area contributed by atoms with Crippen molar-refractivity contribution < 1.29 is 19.1 Å². The molecule has 134 valence electrons. The van der Waals surface area contributed by atoms with Gasteiger partial charge in [0.15, 0.2) is 0 Å². The van der Waals surface area contributed by atoms with E-state index in [0.717, 1.165) is 17.1 Å². The summed E-state index contributed by atoms with van der Waals surface area (Å²) in [5, 5.41) is 3.40. The van der Waals surface area contributed by atoms with E-state index in [9.17, 15) is 9.59 Å². The molecule has 0 unspecified atom stereocenters. The number of anilines is 1. The smallest absolute Gasteiger partial charge is 0.310 e. The first kappa shape index (κ1) is 17.3. The molecule has 0 aliphatic carbocycles. The normalized spacial score (nSPS) is 17.0. The monoisotopic (exact) mass is 345 g/mol. The van der Waals surface area contributed by atoms with E-state index in [0.29, 0.717) is 26.3 Å². The Morgan fingerprint density at radius 1 is 1.16 bits per heavy atom. The van der Waals surface area contributed by atoms with E-state index >= 15 is 0 Å². The number of rotatable bonds is 6. The molecule has 0 fully saturated rings. The van der Waals surface area contributed by atoms with Crippen LogP contribution in [-0.2, 0) is 19.1 Å². The molecule has 0 aromatic heterocycles. The Morgan fingerprint density at radius 3 is 2.44 bits per heavy atom. The van der Waals surface area contributed by atoms with Gasteiger partial charge in [0.1, 0.15) is 11.5 Å². The number of hydrogen-bond acceptors (Lipinski definition) is 7. The zero-order valence-electron chi connectivity index (χ0n) is 14.6. The van der Waals surface area contributed by atoms with Crippen LogP contribution in [0.2, 0.25) is 0 Å². The summed E-state index contributed by atoms with van der Waals surface area (Å²) in [6.07, 6.45) is 0.0695. The Hall–Kier alpha value is -2.57. The highest BCUT2D eigenvalue weighted by atomic mass is 16.5. The fourth-order valence-electron chi connectivity index (χ4n) is 3.44. The molecular weight excluding hydrogens is 322 g/mol. The predicted molar refractivity (Wildman–Crippen MR) is 93.4 cm³/mol. The van der Waals surface area contributed by atoms with Crippen LogP contribution in [0.5, 0.6) is 0 Å². The molecule has 0 radical (unpaired) electrons. The van der Waals surface area contributed by atoms with E-state index in [1.165, 1.54) is 0 Å². The molecule has 1 aromatic rings. The molecule has 2 aliphatic heterocycles. The van der Waals surface area contributed by atoms with Crippen LogP contribution >= 0.6 is 0 Å². The van der Waals surface area contributed by atoms with E-state index < -0.39 is 5.66 Å². The van der Waals surface area contributed by atoms with Gasteiger partial charge in [-0.25, -0.2) is 0 Å². The molecule has 25 heavy (non-hydrogen) atoms. The van der Waals surface area contributed by atoms with Gasteiger partial charge in [-0.2, -0.15) is 0 Å². The minimum Gasteiger partial charge on any atom is -0.466 e. The largest absolute Gasteiger partial charge is 0.466 e. The molecule has 2 aliphatic rings. The van der Waals surface area contributed by atoms with Crippen molar-refractivity contribution in [1.82, 2.24) is 4.90 Å². The standard InChI is InChI=1S/C18H23N3O4/c1-3-24-15(22)11-18(12-16(23)25-4-2)20-14-8-6-5-7-13(14)17-19-9-10-21(17)18/h5-8,20H,3-4,9-12H2,1-2H3. The van der Waals surface area contributed by atoms with Gasteiger partial charge in [-0.05, 0) is 26.0 Å². The average molecular weight is 345 g/mol. The number of nitrogens with zero attached hydrogens (tertiary/aromatic N) is 2. The lowest BCUT2D eigenvalue weighted by atomic mass is 9.93. The fraction of sp³-hybridized carbons (Fsp3) is 0.500. The van der Waals surface area contributed by atoms with Crippen molar-refractivity contribution in [3.05, 3.63) is 29.8 Å². The van der Waals surface area contributed by atoms with Crippen LogP contribution in [0.25, 0.3) is 0 Å². The SMILES string of the molecule is CCOC(=O)CC1(CC(=O)OCC)Nc2ccccc2C2=NCCN21. The van der Waals surface area contributed by atoms with E-state index in [4.69, 9.17) is 9.47 Å². The quantitative estimate of drug-likeness (QED) is 0.792. The number of hydrogen-bond donors (Lipinski definition) is 1.